The van der Waals surface area contributed by atoms with E-state index in [1.807, 2.05) is 24.3 Å². The summed E-state index contributed by atoms with van der Waals surface area (Å²) in [7, 11) is 0. The van der Waals surface area contributed by atoms with Gasteiger partial charge in [0.25, 0.3) is 0 Å². The first-order valence-corrected chi connectivity index (χ1v) is 11.7. The van der Waals surface area contributed by atoms with Crippen molar-refractivity contribution in [1.82, 2.24) is 0 Å². The van der Waals surface area contributed by atoms with Gasteiger partial charge in [-0.3, -0.25) is 4.79 Å². The van der Waals surface area contributed by atoms with Crippen LogP contribution in [0.4, 0.5) is 5.69 Å². The number of ether oxygens (including phenoxy) is 1. The van der Waals surface area contributed by atoms with Crippen LogP contribution in [0.2, 0.25) is 0 Å². The zero-order valence-electron chi connectivity index (χ0n) is 18.8. The number of benzene rings is 2. The minimum absolute atomic E-state index is 0.202. The number of carbonyl (C=O) groups excluding carboxylic acids is 1. The van der Waals surface area contributed by atoms with Crippen LogP contribution in [0.5, 0.6) is 11.5 Å². The van der Waals surface area contributed by atoms with Gasteiger partial charge in [0.1, 0.15) is 11.5 Å². The van der Waals surface area contributed by atoms with Gasteiger partial charge in [-0.1, -0.05) is 76.8 Å². The van der Waals surface area contributed by atoms with Crippen molar-refractivity contribution < 1.29 is 14.6 Å². The van der Waals surface area contributed by atoms with Gasteiger partial charge < -0.3 is 15.2 Å². The lowest BCUT2D eigenvalue weighted by atomic mass is 10.1. The number of hydrogen-bond acceptors (Lipinski definition) is 3. The quantitative estimate of drug-likeness (QED) is 0.233. The molecule has 1 amide bonds. The maximum absolute atomic E-state index is 12.0. The fourth-order valence-electron chi connectivity index (χ4n) is 3.36. The van der Waals surface area contributed by atoms with E-state index in [4.69, 9.17) is 4.74 Å². The van der Waals surface area contributed by atoms with E-state index in [0.29, 0.717) is 0 Å². The summed E-state index contributed by atoms with van der Waals surface area (Å²) in [4.78, 5) is 12.0. The van der Waals surface area contributed by atoms with E-state index in [1.54, 1.807) is 30.3 Å². The number of phenols is 1. The molecule has 0 unspecified atom stereocenters. The molecule has 0 heterocycles. The second kappa shape index (κ2) is 15.1. The molecule has 0 saturated carbocycles. The van der Waals surface area contributed by atoms with Crippen LogP contribution in [0, 0.1) is 0 Å². The third kappa shape index (κ3) is 11.3. The summed E-state index contributed by atoms with van der Waals surface area (Å²) in [5.74, 6) is 0.831. The Kier molecular flexibility index (Phi) is 12.0. The molecule has 0 fully saturated rings. The number of unbranched alkanes of at least 4 members (excludes halogenated alkanes) is 9. The molecule has 0 aromatic heterocycles. The smallest absolute Gasteiger partial charge is 0.248 e. The molecule has 0 saturated heterocycles. The van der Waals surface area contributed by atoms with Gasteiger partial charge in [0.15, 0.2) is 0 Å². The summed E-state index contributed by atoms with van der Waals surface area (Å²) < 4.78 is 5.81. The Morgan fingerprint density at radius 2 is 1.42 bits per heavy atom. The molecule has 2 rings (SSSR count). The van der Waals surface area contributed by atoms with E-state index in [2.05, 4.69) is 12.2 Å². The Labute approximate surface area is 187 Å². The first-order valence-electron chi connectivity index (χ1n) is 11.7. The molecule has 0 radical (unpaired) electrons. The molecule has 0 spiro atoms. The van der Waals surface area contributed by atoms with Crippen LogP contribution in [-0.2, 0) is 4.79 Å². The highest BCUT2D eigenvalue weighted by molar-refractivity contribution is 6.01. The Morgan fingerprint density at radius 1 is 0.839 bits per heavy atom. The lowest BCUT2D eigenvalue weighted by Crippen LogP contribution is -2.07. The zero-order valence-corrected chi connectivity index (χ0v) is 18.8. The van der Waals surface area contributed by atoms with Gasteiger partial charge in [0, 0.05) is 11.8 Å². The monoisotopic (exact) mass is 423 g/mol. The molecule has 31 heavy (non-hydrogen) atoms. The maximum Gasteiger partial charge on any atom is 0.248 e. The maximum atomic E-state index is 12.0. The van der Waals surface area contributed by atoms with E-state index in [1.165, 1.54) is 63.9 Å². The van der Waals surface area contributed by atoms with Gasteiger partial charge in [-0.05, 0) is 54.5 Å². The van der Waals surface area contributed by atoms with Gasteiger partial charge in [-0.25, -0.2) is 0 Å². The van der Waals surface area contributed by atoms with E-state index in [0.717, 1.165) is 30.0 Å². The van der Waals surface area contributed by atoms with Crippen molar-refractivity contribution in [2.24, 2.45) is 0 Å². The minimum atomic E-state index is -0.202. The lowest BCUT2D eigenvalue weighted by Gasteiger charge is -2.08. The molecule has 4 nitrogen and oxygen atoms in total. The Morgan fingerprint density at radius 3 is 2.03 bits per heavy atom. The van der Waals surface area contributed by atoms with Crippen LogP contribution in [0.15, 0.2) is 54.6 Å². The second-order valence-electron chi connectivity index (χ2n) is 7.97. The van der Waals surface area contributed by atoms with Gasteiger partial charge in [0.2, 0.25) is 5.91 Å². The molecular formula is C27H37NO3. The highest BCUT2D eigenvalue weighted by atomic mass is 16.5. The number of carbonyl (C=O) groups is 1. The fourth-order valence-corrected chi connectivity index (χ4v) is 3.36. The topological polar surface area (TPSA) is 58.6 Å². The van der Waals surface area contributed by atoms with E-state index in [-0.39, 0.29) is 11.7 Å². The number of amides is 1. The Hall–Kier alpha value is -2.75. The van der Waals surface area contributed by atoms with Crippen molar-refractivity contribution in [1.29, 1.82) is 0 Å². The first kappa shape index (κ1) is 24.5. The Bertz CT molecular complexity index is 766. The lowest BCUT2D eigenvalue weighted by molar-refractivity contribution is -0.111. The number of nitrogens with one attached hydrogen (secondary N) is 1. The average Bonchev–Trinajstić information content (AvgIpc) is 2.78. The van der Waals surface area contributed by atoms with Crippen LogP contribution >= 0.6 is 0 Å². The van der Waals surface area contributed by atoms with Crippen LogP contribution in [0.3, 0.4) is 0 Å². The molecule has 2 aromatic rings. The standard InChI is InChI=1S/C27H37NO3/c1-2-3-4-5-6-7-8-9-10-11-22-31-26-19-15-24(16-20-26)28-27(30)21-14-23-12-17-25(29)18-13-23/h12-21,29H,2-11,22H2,1H3,(H,28,30). The molecule has 0 aliphatic heterocycles. The minimum Gasteiger partial charge on any atom is -0.508 e. The van der Waals surface area contributed by atoms with Crippen molar-refractivity contribution >= 4 is 17.7 Å². The number of aromatic hydroxyl groups is 1. The molecule has 0 aliphatic rings. The molecule has 2 N–H and O–H groups in total. The number of phenolic OH excluding ortho intramolecular Hbond substituents is 1. The van der Waals surface area contributed by atoms with Gasteiger partial charge in [-0.2, -0.15) is 0 Å². The summed E-state index contributed by atoms with van der Waals surface area (Å²) >= 11 is 0. The Balaban J connectivity index is 1.56. The molecule has 4 heteroatoms. The third-order valence-corrected chi connectivity index (χ3v) is 5.21. The van der Waals surface area contributed by atoms with Crippen molar-refractivity contribution in [2.75, 3.05) is 11.9 Å². The number of rotatable bonds is 15. The molecule has 0 atom stereocenters. The predicted octanol–water partition coefficient (Wildman–Crippen LogP) is 7.34. The molecule has 0 aliphatic carbocycles. The summed E-state index contributed by atoms with van der Waals surface area (Å²) in [6, 6.07) is 14.1. The van der Waals surface area contributed by atoms with Gasteiger partial charge in [0.05, 0.1) is 6.61 Å². The van der Waals surface area contributed by atoms with E-state index in [9.17, 15) is 9.90 Å². The average molecular weight is 424 g/mol. The number of hydrogen-bond donors (Lipinski definition) is 2. The summed E-state index contributed by atoms with van der Waals surface area (Å²) in [6.45, 7) is 2.99. The van der Waals surface area contributed by atoms with Crippen LogP contribution in [0.1, 0.15) is 76.7 Å². The highest BCUT2D eigenvalue weighted by Crippen LogP contribution is 2.17. The van der Waals surface area contributed by atoms with Crippen molar-refractivity contribution in [2.45, 2.75) is 71.1 Å². The van der Waals surface area contributed by atoms with Gasteiger partial charge >= 0.3 is 0 Å². The summed E-state index contributed by atoms with van der Waals surface area (Å²) in [5, 5.41) is 12.1. The van der Waals surface area contributed by atoms with Crippen LogP contribution in [0.25, 0.3) is 6.08 Å². The van der Waals surface area contributed by atoms with E-state index < -0.39 is 0 Å². The number of anilines is 1. The summed E-state index contributed by atoms with van der Waals surface area (Å²) in [6.07, 6.45) is 16.3. The van der Waals surface area contributed by atoms with Crippen molar-refractivity contribution in [3.8, 4) is 11.5 Å². The van der Waals surface area contributed by atoms with Crippen LogP contribution < -0.4 is 10.1 Å². The third-order valence-electron chi connectivity index (χ3n) is 5.21. The van der Waals surface area contributed by atoms with Gasteiger partial charge in [-0.15, -0.1) is 0 Å². The largest absolute Gasteiger partial charge is 0.508 e. The normalized spacial score (nSPS) is 11.0. The first-order chi connectivity index (χ1) is 15.2. The molecule has 2 aromatic carbocycles. The molecule has 0 bridgehead atoms. The second-order valence-corrected chi connectivity index (χ2v) is 7.97. The predicted molar refractivity (Wildman–Crippen MR) is 130 cm³/mol. The molecular weight excluding hydrogens is 386 g/mol. The van der Waals surface area contributed by atoms with Crippen molar-refractivity contribution in [3.63, 3.8) is 0 Å². The van der Waals surface area contributed by atoms with Crippen molar-refractivity contribution in [3.05, 3.63) is 60.2 Å². The molecule has 168 valence electrons. The van der Waals surface area contributed by atoms with Crippen LogP contribution in [-0.4, -0.2) is 17.6 Å². The zero-order chi connectivity index (χ0) is 22.2. The fraction of sp³-hybridized carbons (Fsp3) is 0.444. The van der Waals surface area contributed by atoms with E-state index >= 15 is 0 Å². The highest BCUT2D eigenvalue weighted by Gasteiger charge is 2.00. The summed E-state index contributed by atoms with van der Waals surface area (Å²) in [5.41, 5.74) is 1.58. The SMILES string of the molecule is CCCCCCCCCCCCOc1ccc(NC(=O)C=Cc2ccc(O)cc2)cc1.